The molecule has 0 saturated carbocycles. The molecule has 0 bridgehead atoms. The van der Waals surface area contributed by atoms with Gasteiger partial charge in [0.1, 0.15) is 12.2 Å². The van der Waals surface area contributed by atoms with Gasteiger partial charge < -0.3 is 14.2 Å². The molecule has 2 aliphatic heterocycles. The van der Waals surface area contributed by atoms with Crippen LogP contribution in [0.3, 0.4) is 0 Å². The minimum absolute atomic E-state index is 0. The molecule has 1 aromatic rings. The molecule has 0 aliphatic carbocycles. The minimum atomic E-state index is -0.698. The maximum Gasteiger partial charge on any atom is 0.330 e. The average molecular weight is 314 g/mol. The summed E-state index contributed by atoms with van der Waals surface area (Å²) in [5, 5.41) is 0. The molecule has 2 fully saturated rings. The Bertz CT molecular complexity index is 627. The highest BCUT2D eigenvalue weighted by molar-refractivity contribution is 4.98. The van der Waals surface area contributed by atoms with E-state index in [4.69, 9.17) is 14.2 Å². The van der Waals surface area contributed by atoms with E-state index in [9.17, 15) is 9.59 Å². The number of ether oxygens (including phenoxy) is 3. The number of rotatable bonds is 2. The molecule has 1 aromatic heterocycles. The second-order valence-corrected chi connectivity index (χ2v) is 5.56. The first-order valence-electron chi connectivity index (χ1n) is 7.74. The van der Waals surface area contributed by atoms with Crippen LogP contribution >= 0.6 is 0 Å². The quantitative estimate of drug-likeness (QED) is 0.897. The molecule has 1 N–H and O–H groups in total. The number of aromatic amines is 1. The van der Waals surface area contributed by atoms with Crippen molar-refractivity contribution < 1.29 is 15.6 Å². The van der Waals surface area contributed by atoms with E-state index in [2.05, 4.69) is 4.98 Å². The summed E-state index contributed by atoms with van der Waals surface area (Å²) in [6.45, 7) is 9.67. The van der Waals surface area contributed by atoms with E-state index < -0.39 is 23.3 Å². The van der Waals surface area contributed by atoms with Crippen LogP contribution in [0.15, 0.2) is 21.9 Å². The zero-order chi connectivity index (χ0) is 16.5. The van der Waals surface area contributed by atoms with Gasteiger partial charge in [-0.1, -0.05) is 20.8 Å². The lowest BCUT2D eigenvalue weighted by Crippen LogP contribution is -2.37. The van der Waals surface area contributed by atoms with Crippen molar-refractivity contribution in [3.05, 3.63) is 33.1 Å². The Kier molecular flexibility index (Phi) is 4.89. The van der Waals surface area contributed by atoms with Gasteiger partial charge in [0, 0.05) is 13.7 Å². The SMILES string of the molecule is CC.CC[C@H]1O[C@@H](n2ccc(=O)[nH]c2=O)[C@@H]2OC(C)(C)O[C@@H]21.[HH]. The summed E-state index contributed by atoms with van der Waals surface area (Å²) >= 11 is 0. The number of H-pyrrole nitrogens is 1. The van der Waals surface area contributed by atoms with Crippen LogP contribution in [0.2, 0.25) is 0 Å². The van der Waals surface area contributed by atoms with Crippen molar-refractivity contribution in [3.63, 3.8) is 0 Å². The van der Waals surface area contributed by atoms with Crippen LogP contribution in [0.5, 0.6) is 0 Å². The molecule has 0 spiro atoms. The second kappa shape index (κ2) is 6.36. The molecule has 0 unspecified atom stereocenters. The lowest BCUT2D eigenvalue weighted by molar-refractivity contribution is -0.197. The number of fused-ring (bicyclic) bond motifs is 1. The highest BCUT2D eigenvalue weighted by Crippen LogP contribution is 2.43. The van der Waals surface area contributed by atoms with Crippen molar-refractivity contribution in [1.82, 2.24) is 9.55 Å². The van der Waals surface area contributed by atoms with Crippen molar-refractivity contribution >= 4 is 0 Å². The van der Waals surface area contributed by atoms with Crippen LogP contribution in [-0.2, 0) is 14.2 Å². The fraction of sp³-hybridized carbons (Fsp3) is 0.733. The van der Waals surface area contributed by atoms with Gasteiger partial charge in [-0.15, -0.1) is 0 Å². The molecule has 4 atom stereocenters. The molecule has 22 heavy (non-hydrogen) atoms. The molecule has 3 rings (SSSR count). The normalized spacial score (nSPS) is 32.2. The fourth-order valence-corrected chi connectivity index (χ4v) is 2.84. The molecule has 126 valence electrons. The van der Waals surface area contributed by atoms with Gasteiger partial charge in [0.2, 0.25) is 0 Å². The summed E-state index contributed by atoms with van der Waals surface area (Å²) in [4.78, 5) is 25.3. The minimum Gasteiger partial charge on any atom is -0.349 e. The van der Waals surface area contributed by atoms with E-state index in [1.165, 1.54) is 16.8 Å². The van der Waals surface area contributed by atoms with Crippen LogP contribution in [0, 0.1) is 0 Å². The van der Waals surface area contributed by atoms with Gasteiger partial charge in [0.05, 0.1) is 6.10 Å². The standard InChI is InChI=1S/C13H18N2O5.C2H6.H2/c1-4-7-9-10(20-13(2,3)19-9)11(18-7)15-6-5-8(16)14-12(15)17;1-2;/h5-7,9-11H,4H2,1-3H3,(H,14,16,17);1-2H3;1H/t7-,9-,10-,11-;;/m1../s1. The Balaban J connectivity index is 0.000000849. The highest BCUT2D eigenvalue weighted by Gasteiger charge is 2.55. The number of nitrogens with zero attached hydrogens (tertiary/aromatic N) is 1. The Morgan fingerprint density at radius 2 is 1.91 bits per heavy atom. The Morgan fingerprint density at radius 3 is 2.50 bits per heavy atom. The largest absolute Gasteiger partial charge is 0.349 e. The van der Waals surface area contributed by atoms with Gasteiger partial charge >= 0.3 is 5.69 Å². The van der Waals surface area contributed by atoms with Crippen molar-refractivity contribution in [2.24, 2.45) is 0 Å². The van der Waals surface area contributed by atoms with Gasteiger partial charge in [-0.2, -0.15) is 0 Å². The first kappa shape index (κ1) is 16.9. The molecule has 2 aliphatic rings. The van der Waals surface area contributed by atoms with E-state index in [1.807, 2.05) is 34.6 Å². The van der Waals surface area contributed by atoms with Crippen LogP contribution in [0.4, 0.5) is 0 Å². The van der Waals surface area contributed by atoms with E-state index in [0.29, 0.717) is 0 Å². The molecule has 2 saturated heterocycles. The summed E-state index contributed by atoms with van der Waals surface area (Å²) in [5.41, 5.74) is -0.942. The van der Waals surface area contributed by atoms with Crippen LogP contribution in [-0.4, -0.2) is 33.7 Å². The van der Waals surface area contributed by atoms with Crippen LogP contribution < -0.4 is 11.2 Å². The molecule has 0 aromatic carbocycles. The summed E-state index contributed by atoms with van der Waals surface area (Å²) in [5.74, 6) is -0.698. The summed E-state index contributed by atoms with van der Waals surface area (Å²) in [6, 6.07) is 1.29. The van der Waals surface area contributed by atoms with Crippen molar-refractivity contribution in [3.8, 4) is 0 Å². The Hall–Kier alpha value is -1.44. The highest BCUT2D eigenvalue weighted by atomic mass is 16.8. The van der Waals surface area contributed by atoms with E-state index in [1.54, 1.807) is 0 Å². The maximum absolute atomic E-state index is 11.9. The molecular weight excluding hydrogens is 288 g/mol. The van der Waals surface area contributed by atoms with Crippen molar-refractivity contribution in [1.29, 1.82) is 0 Å². The number of hydrogen-bond acceptors (Lipinski definition) is 5. The van der Waals surface area contributed by atoms with Gasteiger partial charge in [-0.05, 0) is 20.3 Å². The van der Waals surface area contributed by atoms with E-state index in [0.717, 1.165) is 6.42 Å². The lowest BCUT2D eigenvalue weighted by Gasteiger charge is -2.24. The van der Waals surface area contributed by atoms with Crippen LogP contribution in [0.1, 0.15) is 48.7 Å². The first-order valence-corrected chi connectivity index (χ1v) is 7.74. The monoisotopic (exact) mass is 314 g/mol. The average Bonchev–Trinajstić information content (AvgIpc) is 2.94. The fourth-order valence-electron chi connectivity index (χ4n) is 2.84. The maximum atomic E-state index is 11.9. The molecule has 3 heterocycles. The molecule has 7 nitrogen and oxygen atoms in total. The van der Waals surface area contributed by atoms with E-state index >= 15 is 0 Å². The Labute approximate surface area is 130 Å². The topological polar surface area (TPSA) is 82.6 Å². The van der Waals surface area contributed by atoms with Crippen molar-refractivity contribution in [2.45, 2.75) is 71.4 Å². The predicted molar refractivity (Wildman–Crippen MR) is 82.8 cm³/mol. The second-order valence-electron chi connectivity index (χ2n) is 5.56. The van der Waals surface area contributed by atoms with E-state index in [-0.39, 0.29) is 19.7 Å². The van der Waals surface area contributed by atoms with Gasteiger partial charge in [0.15, 0.2) is 12.0 Å². The van der Waals surface area contributed by atoms with Gasteiger partial charge in [0.25, 0.3) is 5.56 Å². The number of hydrogen-bond donors (Lipinski definition) is 1. The number of nitrogens with one attached hydrogen (secondary N) is 1. The Morgan fingerprint density at radius 1 is 1.27 bits per heavy atom. The zero-order valence-electron chi connectivity index (χ0n) is 13.7. The summed E-state index contributed by atoms with van der Waals surface area (Å²) in [6.07, 6.45) is 0.893. The number of aromatic nitrogens is 2. The lowest BCUT2D eigenvalue weighted by atomic mass is 10.1. The third kappa shape index (κ3) is 3.02. The zero-order valence-corrected chi connectivity index (χ0v) is 13.7. The molecule has 0 amide bonds. The van der Waals surface area contributed by atoms with Crippen molar-refractivity contribution in [2.75, 3.05) is 0 Å². The molecular formula is C15H26N2O5. The summed E-state index contributed by atoms with van der Waals surface area (Å²) in [7, 11) is 0. The third-order valence-corrected chi connectivity index (χ3v) is 3.65. The third-order valence-electron chi connectivity index (χ3n) is 3.65. The molecule has 0 radical (unpaired) electrons. The van der Waals surface area contributed by atoms with Gasteiger partial charge in [-0.25, -0.2) is 4.79 Å². The van der Waals surface area contributed by atoms with Crippen LogP contribution in [0.25, 0.3) is 0 Å². The molecule has 7 heteroatoms. The first-order chi connectivity index (χ1) is 10.4. The summed E-state index contributed by atoms with van der Waals surface area (Å²) < 4.78 is 18.9. The van der Waals surface area contributed by atoms with Gasteiger partial charge in [-0.3, -0.25) is 14.3 Å². The smallest absolute Gasteiger partial charge is 0.330 e. The predicted octanol–water partition coefficient (Wildman–Crippen LogP) is 1.64.